The maximum absolute atomic E-state index is 12.0. The lowest BCUT2D eigenvalue weighted by molar-refractivity contribution is -0.126. The quantitative estimate of drug-likeness (QED) is 0.904. The third-order valence-corrected chi connectivity index (χ3v) is 3.45. The second kappa shape index (κ2) is 5.99. The molecule has 7 nitrogen and oxygen atoms in total. The van der Waals surface area contributed by atoms with Crippen LogP contribution in [0.2, 0.25) is 0 Å². The predicted molar refractivity (Wildman–Crippen MR) is 77.2 cm³/mol. The van der Waals surface area contributed by atoms with Gasteiger partial charge >= 0.3 is 0 Å². The summed E-state index contributed by atoms with van der Waals surface area (Å²) in [6.45, 7) is 7.34. The highest BCUT2D eigenvalue weighted by Crippen LogP contribution is 2.15. The number of amides is 2. The van der Waals surface area contributed by atoms with E-state index in [1.807, 2.05) is 6.92 Å². The Morgan fingerprint density at radius 3 is 2.52 bits per heavy atom. The number of nitrogens with zero attached hydrogens (tertiary/aromatic N) is 3. The van der Waals surface area contributed by atoms with E-state index in [1.54, 1.807) is 20.8 Å². The fourth-order valence-corrected chi connectivity index (χ4v) is 2.21. The van der Waals surface area contributed by atoms with E-state index in [-0.39, 0.29) is 18.2 Å². The smallest absolute Gasteiger partial charge is 0.256 e. The molecule has 0 fully saturated rings. The summed E-state index contributed by atoms with van der Waals surface area (Å²) in [5, 5.41) is 6.60. The van der Waals surface area contributed by atoms with Gasteiger partial charge in [-0.05, 0) is 27.7 Å². The Morgan fingerprint density at radius 1 is 1.24 bits per heavy atom. The molecule has 1 aliphatic heterocycles. The van der Waals surface area contributed by atoms with Gasteiger partial charge in [0.2, 0.25) is 5.91 Å². The number of amidine groups is 1. The summed E-state index contributed by atoms with van der Waals surface area (Å²) in [4.78, 5) is 31.7. The fourth-order valence-electron chi connectivity index (χ4n) is 2.21. The lowest BCUT2D eigenvalue weighted by Crippen LogP contribution is -2.33. The molecule has 21 heavy (non-hydrogen) atoms. The van der Waals surface area contributed by atoms with Crippen molar-refractivity contribution in [3.05, 3.63) is 17.0 Å². The van der Waals surface area contributed by atoms with Crippen LogP contribution < -0.4 is 5.32 Å². The van der Waals surface area contributed by atoms with Crippen molar-refractivity contribution in [1.29, 1.82) is 0 Å². The standard InChI is InChI=1S/C14H18N4O3/c1-7-11(14(20)17-10(4)16-7)5-13(19)15-6-12-8(2)18-21-9(12)3/h11H,5-6H2,1-4H3,(H,15,19). The van der Waals surface area contributed by atoms with E-state index >= 15 is 0 Å². The summed E-state index contributed by atoms with van der Waals surface area (Å²) in [6.07, 6.45) is 0.0499. The maximum Gasteiger partial charge on any atom is 0.256 e. The van der Waals surface area contributed by atoms with Crippen LogP contribution in [0.15, 0.2) is 14.5 Å². The van der Waals surface area contributed by atoms with Gasteiger partial charge in [0.05, 0.1) is 11.6 Å². The minimum atomic E-state index is -0.571. The molecule has 0 bridgehead atoms. The summed E-state index contributed by atoms with van der Waals surface area (Å²) in [7, 11) is 0. The van der Waals surface area contributed by atoms with E-state index in [1.165, 1.54) is 0 Å². The van der Waals surface area contributed by atoms with Gasteiger partial charge < -0.3 is 9.84 Å². The van der Waals surface area contributed by atoms with Crippen molar-refractivity contribution in [2.45, 2.75) is 40.7 Å². The average molecular weight is 290 g/mol. The second-order valence-corrected chi connectivity index (χ2v) is 5.09. The van der Waals surface area contributed by atoms with Crippen LogP contribution in [0.5, 0.6) is 0 Å². The SMILES string of the molecule is CC1=NC(=O)C(CC(=O)NCc2c(C)noc2C)C(C)=N1. The van der Waals surface area contributed by atoms with E-state index in [9.17, 15) is 9.59 Å². The van der Waals surface area contributed by atoms with E-state index in [0.29, 0.717) is 23.9 Å². The first-order valence-electron chi connectivity index (χ1n) is 6.71. The topological polar surface area (TPSA) is 96.9 Å². The number of aryl methyl sites for hydroxylation is 2. The number of aliphatic imine (C=N–C) groups is 2. The zero-order chi connectivity index (χ0) is 15.6. The van der Waals surface area contributed by atoms with Crippen molar-refractivity contribution >= 4 is 23.4 Å². The van der Waals surface area contributed by atoms with Gasteiger partial charge in [0.25, 0.3) is 5.91 Å². The molecule has 0 radical (unpaired) electrons. The molecular weight excluding hydrogens is 272 g/mol. The zero-order valence-corrected chi connectivity index (χ0v) is 12.6. The van der Waals surface area contributed by atoms with Crippen LogP contribution >= 0.6 is 0 Å². The lowest BCUT2D eigenvalue weighted by Gasteiger charge is -2.16. The van der Waals surface area contributed by atoms with E-state index in [0.717, 1.165) is 11.3 Å². The van der Waals surface area contributed by atoms with E-state index < -0.39 is 5.92 Å². The Balaban J connectivity index is 1.94. The van der Waals surface area contributed by atoms with E-state index in [2.05, 4.69) is 20.5 Å². The first kappa shape index (κ1) is 15.1. The van der Waals surface area contributed by atoms with Crippen LogP contribution in [0.3, 0.4) is 0 Å². The highest BCUT2D eigenvalue weighted by molar-refractivity contribution is 6.16. The molecule has 1 unspecified atom stereocenters. The van der Waals surface area contributed by atoms with Crippen LogP contribution in [0.4, 0.5) is 0 Å². The largest absolute Gasteiger partial charge is 0.361 e. The van der Waals surface area contributed by atoms with Gasteiger partial charge in [-0.15, -0.1) is 0 Å². The summed E-state index contributed by atoms with van der Waals surface area (Å²) < 4.78 is 5.03. The number of rotatable bonds is 4. The third kappa shape index (κ3) is 3.42. The Labute approximate surface area is 122 Å². The molecular formula is C14H18N4O3. The summed E-state index contributed by atoms with van der Waals surface area (Å²) in [6, 6.07) is 0. The van der Waals surface area contributed by atoms with Gasteiger partial charge in [-0.25, -0.2) is 4.99 Å². The number of hydrogen-bond acceptors (Lipinski definition) is 5. The minimum Gasteiger partial charge on any atom is -0.361 e. The van der Waals surface area contributed by atoms with Crippen LogP contribution in [0, 0.1) is 19.8 Å². The maximum atomic E-state index is 12.0. The Morgan fingerprint density at radius 2 is 1.95 bits per heavy atom. The normalized spacial score (nSPS) is 18.3. The number of carbonyl (C=O) groups excluding carboxylic acids is 2. The number of nitrogens with one attached hydrogen (secondary N) is 1. The summed E-state index contributed by atoms with van der Waals surface area (Å²) in [5.74, 6) is 0.00732. The number of aromatic nitrogens is 1. The summed E-state index contributed by atoms with van der Waals surface area (Å²) >= 11 is 0. The lowest BCUT2D eigenvalue weighted by atomic mass is 9.98. The van der Waals surface area contributed by atoms with Gasteiger partial charge in [-0.2, -0.15) is 4.99 Å². The van der Waals surface area contributed by atoms with Crippen molar-refractivity contribution in [1.82, 2.24) is 10.5 Å². The van der Waals surface area contributed by atoms with Crippen LogP contribution in [-0.2, 0) is 16.1 Å². The van der Waals surface area contributed by atoms with Crippen molar-refractivity contribution in [3.63, 3.8) is 0 Å². The Kier molecular flexibility index (Phi) is 4.30. The Bertz CT molecular complexity index is 623. The number of carbonyl (C=O) groups is 2. The molecule has 1 aromatic heterocycles. The zero-order valence-electron chi connectivity index (χ0n) is 12.6. The van der Waals surface area contributed by atoms with Gasteiger partial charge in [0.15, 0.2) is 0 Å². The first-order chi connectivity index (χ1) is 9.88. The molecule has 1 atom stereocenters. The molecule has 2 rings (SSSR count). The predicted octanol–water partition coefficient (Wildman–Crippen LogP) is 1.33. The molecule has 2 heterocycles. The molecule has 1 aromatic rings. The first-order valence-corrected chi connectivity index (χ1v) is 6.71. The van der Waals surface area contributed by atoms with Gasteiger partial charge in [0, 0.05) is 24.2 Å². The molecule has 0 aromatic carbocycles. The molecule has 0 spiro atoms. The van der Waals surface area contributed by atoms with Gasteiger partial charge in [-0.1, -0.05) is 5.16 Å². The third-order valence-electron chi connectivity index (χ3n) is 3.45. The number of hydrogen-bond donors (Lipinski definition) is 1. The van der Waals surface area contributed by atoms with Crippen molar-refractivity contribution < 1.29 is 14.1 Å². The summed E-state index contributed by atoms with van der Waals surface area (Å²) in [5.41, 5.74) is 2.23. The molecule has 7 heteroatoms. The van der Waals surface area contributed by atoms with Crippen molar-refractivity contribution in [2.75, 3.05) is 0 Å². The minimum absolute atomic E-state index is 0.0499. The van der Waals surface area contributed by atoms with Crippen molar-refractivity contribution in [2.24, 2.45) is 15.9 Å². The van der Waals surface area contributed by atoms with Crippen LogP contribution in [0.1, 0.15) is 37.3 Å². The molecule has 2 amide bonds. The highest BCUT2D eigenvalue weighted by atomic mass is 16.5. The highest BCUT2D eigenvalue weighted by Gasteiger charge is 2.27. The fraction of sp³-hybridized carbons (Fsp3) is 0.500. The van der Waals surface area contributed by atoms with Gasteiger partial charge in [-0.3, -0.25) is 9.59 Å². The second-order valence-electron chi connectivity index (χ2n) is 5.09. The van der Waals surface area contributed by atoms with Crippen LogP contribution in [0.25, 0.3) is 0 Å². The Hall–Kier alpha value is -2.31. The van der Waals surface area contributed by atoms with Crippen molar-refractivity contribution in [3.8, 4) is 0 Å². The molecule has 1 N–H and O–H groups in total. The molecule has 0 saturated heterocycles. The van der Waals surface area contributed by atoms with Crippen LogP contribution in [-0.4, -0.2) is 28.5 Å². The monoisotopic (exact) mass is 290 g/mol. The molecule has 1 aliphatic rings. The van der Waals surface area contributed by atoms with E-state index in [4.69, 9.17) is 4.52 Å². The van der Waals surface area contributed by atoms with Gasteiger partial charge in [0.1, 0.15) is 11.6 Å². The average Bonchev–Trinajstić information content (AvgIpc) is 2.71. The molecule has 112 valence electrons. The molecule has 0 saturated carbocycles. The molecule has 0 aliphatic carbocycles.